The molecular weight excluding hydrogens is 665 g/mol. The van der Waals surface area contributed by atoms with Crippen molar-refractivity contribution in [1.82, 2.24) is 15.1 Å². The lowest BCUT2D eigenvalue weighted by atomic mass is 9.78. The molecule has 0 radical (unpaired) electrons. The summed E-state index contributed by atoms with van der Waals surface area (Å²) in [4.78, 5) is 49.2. The van der Waals surface area contributed by atoms with Crippen molar-refractivity contribution in [2.45, 2.75) is 25.1 Å². The summed E-state index contributed by atoms with van der Waals surface area (Å²) in [7, 11) is 0. The maximum Gasteiger partial charge on any atom is 0.416 e. The van der Waals surface area contributed by atoms with Crippen molar-refractivity contribution in [1.29, 1.82) is 0 Å². The molecule has 14 heteroatoms. The minimum Gasteiger partial charge on any atom is -0.402 e. The molecule has 0 spiro atoms. The lowest BCUT2D eigenvalue weighted by Gasteiger charge is -2.41. The molecule has 2 atom stereocenters. The number of nitrogens with two attached hydrogens (primary N) is 1. The number of alkyl halides is 3. The molecule has 2 heterocycles. The molecule has 5 rings (SSSR count). The molecule has 0 aromatic heterocycles. The van der Waals surface area contributed by atoms with Crippen molar-refractivity contribution in [3.8, 4) is 0 Å². The van der Waals surface area contributed by atoms with Gasteiger partial charge in [0.15, 0.2) is 0 Å². The Hall–Kier alpha value is -5.31. The molecule has 3 aromatic carbocycles. The fraction of sp³-hybridized carbons (Fsp3) is 0.297. The van der Waals surface area contributed by atoms with Crippen LogP contribution >= 0.6 is 0 Å². The van der Waals surface area contributed by atoms with Crippen LogP contribution in [0.4, 0.5) is 24.5 Å². The number of aliphatic hydroxyl groups is 1. The molecule has 3 aromatic rings. The number of ether oxygens (including phenoxy) is 1. The number of hydrogen-bond acceptors (Lipinski definition) is 8. The number of halogens is 3. The number of benzene rings is 3. The maximum atomic E-state index is 14.4. The van der Waals surface area contributed by atoms with Gasteiger partial charge < -0.3 is 26.2 Å². The van der Waals surface area contributed by atoms with Crippen LogP contribution in [0.1, 0.15) is 34.3 Å². The van der Waals surface area contributed by atoms with Crippen LogP contribution in [0.2, 0.25) is 0 Å². The number of β-amino-alcohol motifs (C(OH)–C–C–N with tert-alkyl or cyclic N) is 1. The minimum absolute atomic E-state index is 0.128. The molecular formula is C37H39F3N6O5. The summed E-state index contributed by atoms with van der Waals surface area (Å²) < 4.78 is 46.0. The molecule has 5 N–H and O–H groups in total. The van der Waals surface area contributed by atoms with E-state index in [1.165, 1.54) is 11.0 Å². The Bertz CT molecular complexity index is 1840. The van der Waals surface area contributed by atoms with Crippen LogP contribution in [-0.4, -0.2) is 90.5 Å². The van der Waals surface area contributed by atoms with Crippen molar-refractivity contribution >= 4 is 34.9 Å². The highest BCUT2D eigenvalue weighted by Gasteiger charge is 2.46. The number of anilines is 1. The first-order chi connectivity index (χ1) is 24.4. The molecule has 2 unspecified atom stereocenters. The van der Waals surface area contributed by atoms with Gasteiger partial charge in [-0.15, -0.1) is 0 Å². The van der Waals surface area contributed by atoms with Crippen LogP contribution in [0, 0.1) is 0 Å². The SMILES string of the molecule is C=C(CN1CCOCC1)C(=O)Nc1cccc(C2/C(=C(\C)N)C(=Nc3ccccc3)N(CCO)C(=O)C2NC(=O)c2cccc(C(F)(F)F)c2)c1. The van der Waals surface area contributed by atoms with Gasteiger partial charge in [-0.25, -0.2) is 4.99 Å². The number of carbonyl (C=O) groups is 3. The smallest absolute Gasteiger partial charge is 0.402 e. The van der Waals surface area contributed by atoms with Crippen LogP contribution in [0.15, 0.2) is 107 Å². The first-order valence-corrected chi connectivity index (χ1v) is 16.3. The van der Waals surface area contributed by atoms with E-state index in [4.69, 9.17) is 15.5 Å². The summed E-state index contributed by atoms with van der Waals surface area (Å²) in [6.07, 6.45) is -4.70. The third-order valence-corrected chi connectivity index (χ3v) is 8.49. The van der Waals surface area contributed by atoms with Gasteiger partial charge in [0.1, 0.15) is 11.9 Å². The Morgan fingerprint density at radius 2 is 1.75 bits per heavy atom. The van der Waals surface area contributed by atoms with Crippen LogP contribution in [0.25, 0.3) is 0 Å². The molecule has 0 saturated carbocycles. The summed E-state index contributed by atoms with van der Waals surface area (Å²) in [6.45, 7) is 7.66. The Balaban J connectivity index is 1.56. The third kappa shape index (κ3) is 8.89. The quantitative estimate of drug-likeness (QED) is 0.231. The average Bonchev–Trinajstić information content (AvgIpc) is 3.11. The van der Waals surface area contributed by atoms with Gasteiger partial charge in [0.2, 0.25) is 0 Å². The zero-order valence-corrected chi connectivity index (χ0v) is 28.0. The molecule has 51 heavy (non-hydrogen) atoms. The molecule has 2 aliphatic heterocycles. The number of hydrogen-bond donors (Lipinski definition) is 4. The molecule has 2 fully saturated rings. The number of aliphatic imine (C=N–C) groups is 1. The highest BCUT2D eigenvalue weighted by molar-refractivity contribution is 6.16. The van der Waals surface area contributed by atoms with E-state index in [-0.39, 0.29) is 23.6 Å². The average molecular weight is 705 g/mol. The van der Waals surface area contributed by atoms with E-state index in [9.17, 15) is 32.7 Å². The number of amides is 3. The molecule has 2 aliphatic rings. The summed E-state index contributed by atoms with van der Waals surface area (Å²) in [5, 5.41) is 15.5. The van der Waals surface area contributed by atoms with E-state index < -0.39 is 48.0 Å². The number of para-hydroxylation sites is 1. The fourth-order valence-corrected chi connectivity index (χ4v) is 6.04. The second-order valence-corrected chi connectivity index (χ2v) is 12.2. The van der Waals surface area contributed by atoms with E-state index in [0.29, 0.717) is 67.0 Å². The largest absolute Gasteiger partial charge is 0.416 e. The van der Waals surface area contributed by atoms with Crippen LogP contribution in [-0.2, 0) is 20.5 Å². The van der Waals surface area contributed by atoms with E-state index >= 15 is 0 Å². The Kier molecular flexibility index (Phi) is 11.7. The first kappa shape index (κ1) is 37.0. The van der Waals surface area contributed by atoms with Gasteiger partial charge in [-0.05, 0) is 55.0 Å². The van der Waals surface area contributed by atoms with E-state index in [0.717, 1.165) is 12.1 Å². The van der Waals surface area contributed by atoms with Gasteiger partial charge in [0.05, 0.1) is 37.6 Å². The molecule has 11 nitrogen and oxygen atoms in total. The highest BCUT2D eigenvalue weighted by Crippen LogP contribution is 2.38. The van der Waals surface area contributed by atoms with Gasteiger partial charge in [-0.3, -0.25) is 24.2 Å². The predicted molar refractivity (Wildman–Crippen MR) is 186 cm³/mol. The number of morpholine rings is 1. The molecule has 268 valence electrons. The number of amidine groups is 1. The second kappa shape index (κ2) is 16.1. The van der Waals surface area contributed by atoms with Crippen molar-refractivity contribution in [2.75, 3.05) is 51.3 Å². The third-order valence-electron chi connectivity index (χ3n) is 8.49. The predicted octanol–water partition coefficient (Wildman–Crippen LogP) is 4.21. The molecule has 0 bridgehead atoms. The van der Waals surface area contributed by atoms with Gasteiger partial charge >= 0.3 is 6.18 Å². The first-order valence-electron chi connectivity index (χ1n) is 16.3. The number of nitrogens with zero attached hydrogens (tertiary/aromatic N) is 3. The maximum absolute atomic E-state index is 14.4. The number of nitrogens with one attached hydrogen (secondary N) is 2. The van der Waals surface area contributed by atoms with Gasteiger partial charge in [0, 0.05) is 53.6 Å². The van der Waals surface area contributed by atoms with Crippen LogP contribution < -0.4 is 16.4 Å². The van der Waals surface area contributed by atoms with Gasteiger partial charge in [-0.2, -0.15) is 13.2 Å². The number of aliphatic hydroxyl groups excluding tert-OH is 1. The Morgan fingerprint density at radius 3 is 2.41 bits per heavy atom. The van der Waals surface area contributed by atoms with Crippen molar-refractivity contribution in [2.24, 2.45) is 10.7 Å². The van der Waals surface area contributed by atoms with Crippen LogP contribution in [0.3, 0.4) is 0 Å². The summed E-state index contributed by atoms with van der Waals surface area (Å²) in [6, 6.07) is 17.8. The molecule has 2 saturated heterocycles. The second-order valence-electron chi connectivity index (χ2n) is 12.2. The number of carbonyl (C=O) groups excluding carboxylic acids is 3. The van der Waals surface area contributed by atoms with Gasteiger partial charge in [-0.1, -0.05) is 43.0 Å². The highest BCUT2D eigenvalue weighted by atomic mass is 19.4. The zero-order chi connectivity index (χ0) is 36.7. The number of allylic oxidation sites excluding steroid dienone is 1. The molecule has 3 amide bonds. The normalized spacial score (nSPS) is 20.2. The summed E-state index contributed by atoms with van der Waals surface area (Å²) in [5.41, 5.74) is 7.37. The Morgan fingerprint density at radius 1 is 1.04 bits per heavy atom. The summed E-state index contributed by atoms with van der Waals surface area (Å²) in [5.74, 6) is -2.93. The number of likely N-dealkylation sites (tertiary alicyclic amines) is 1. The van der Waals surface area contributed by atoms with E-state index in [1.807, 2.05) is 0 Å². The molecule has 0 aliphatic carbocycles. The standard InChI is InChI=1S/C37H39F3N6O5/c1-23(22-45-15-18-51-19-16-45)34(48)43-29-13-7-8-25(21-29)31-30(24(2)41)33(42-28-11-4-3-5-12-28)46(14-17-47)36(50)32(31)44-35(49)26-9-6-10-27(20-26)37(38,39)40/h3-13,20-21,31-32,47H,1,14-19,22,41H2,2H3,(H,43,48)(H,44,49)/b30-24-,42-33?. The topological polar surface area (TPSA) is 150 Å². The van der Waals surface area contributed by atoms with E-state index in [2.05, 4.69) is 22.1 Å². The van der Waals surface area contributed by atoms with Gasteiger partial charge in [0.25, 0.3) is 17.7 Å². The summed E-state index contributed by atoms with van der Waals surface area (Å²) >= 11 is 0. The lowest BCUT2D eigenvalue weighted by molar-refractivity contribution is -0.137. The number of rotatable bonds is 10. The van der Waals surface area contributed by atoms with Crippen molar-refractivity contribution in [3.63, 3.8) is 0 Å². The minimum atomic E-state index is -4.70. The van der Waals surface area contributed by atoms with Crippen molar-refractivity contribution < 1.29 is 37.4 Å². The zero-order valence-electron chi connectivity index (χ0n) is 28.0. The van der Waals surface area contributed by atoms with E-state index in [1.54, 1.807) is 61.5 Å². The Labute approximate surface area is 293 Å². The fourth-order valence-electron chi connectivity index (χ4n) is 6.04. The number of piperidine rings is 1. The monoisotopic (exact) mass is 704 g/mol. The van der Waals surface area contributed by atoms with Crippen molar-refractivity contribution in [3.05, 3.63) is 119 Å². The lowest BCUT2D eigenvalue weighted by Crippen LogP contribution is -2.59. The van der Waals surface area contributed by atoms with Crippen LogP contribution in [0.5, 0.6) is 0 Å².